The molecule has 1 atom stereocenters. The predicted octanol–water partition coefficient (Wildman–Crippen LogP) is 3.68. The molecule has 118 valence electrons. The molecule has 1 aliphatic heterocycles. The Morgan fingerprint density at radius 2 is 1.86 bits per heavy atom. The number of nitrogens with zero attached hydrogens (tertiary/aromatic N) is 1. The number of hydrogen-bond acceptors (Lipinski definition) is 2. The average molecular weight is 288 g/mol. The largest absolute Gasteiger partial charge is 0.319 e. The molecule has 2 rings (SSSR count). The molecule has 1 heterocycles. The molecule has 1 saturated heterocycles. The molecule has 1 aliphatic rings. The fourth-order valence-corrected chi connectivity index (χ4v) is 3.96. The maximum absolute atomic E-state index is 3.40. The van der Waals surface area contributed by atoms with Crippen molar-refractivity contribution in [3.63, 3.8) is 0 Å². The highest BCUT2D eigenvalue weighted by atomic mass is 15.2. The molecular weight excluding hydrogens is 256 g/mol. The molecule has 2 nitrogen and oxygen atoms in total. The van der Waals surface area contributed by atoms with Crippen LogP contribution in [0.4, 0.5) is 0 Å². The van der Waals surface area contributed by atoms with E-state index in [0.29, 0.717) is 5.41 Å². The number of likely N-dealkylation sites (N-methyl/N-ethyl adjacent to an activating group) is 1. The average Bonchev–Trinajstić information content (AvgIpc) is 2.92. The van der Waals surface area contributed by atoms with Crippen molar-refractivity contribution in [3.8, 4) is 0 Å². The third-order valence-corrected chi connectivity index (χ3v) is 5.63. The molecule has 0 spiro atoms. The Morgan fingerprint density at radius 3 is 2.38 bits per heavy atom. The van der Waals surface area contributed by atoms with E-state index < -0.39 is 0 Å². The molecule has 0 bridgehead atoms. The first-order valence-electron chi connectivity index (χ1n) is 8.50. The molecule has 1 N–H and O–H groups in total. The van der Waals surface area contributed by atoms with Crippen molar-refractivity contribution < 1.29 is 0 Å². The van der Waals surface area contributed by atoms with Crippen molar-refractivity contribution in [1.82, 2.24) is 10.2 Å². The Hall–Kier alpha value is -0.860. The van der Waals surface area contributed by atoms with Crippen LogP contribution < -0.4 is 5.32 Å². The summed E-state index contributed by atoms with van der Waals surface area (Å²) in [6, 6.07) is 11.0. The van der Waals surface area contributed by atoms with Gasteiger partial charge in [-0.2, -0.15) is 0 Å². The van der Waals surface area contributed by atoms with Gasteiger partial charge in [-0.15, -0.1) is 0 Å². The highest BCUT2D eigenvalue weighted by molar-refractivity contribution is 5.25. The van der Waals surface area contributed by atoms with E-state index in [2.05, 4.69) is 68.4 Å². The van der Waals surface area contributed by atoms with Gasteiger partial charge in [-0.1, -0.05) is 51.1 Å². The van der Waals surface area contributed by atoms with Crippen LogP contribution in [0.1, 0.15) is 45.6 Å². The lowest BCUT2D eigenvalue weighted by Crippen LogP contribution is -2.44. The monoisotopic (exact) mass is 288 g/mol. The summed E-state index contributed by atoms with van der Waals surface area (Å²) in [5.41, 5.74) is 2.20. The Bertz CT molecular complexity index is 424. The third kappa shape index (κ3) is 3.67. The van der Waals surface area contributed by atoms with Crippen molar-refractivity contribution in [2.45, 2.75) is 45.4 Å². The molecule has 1 aromatic carbocycles. The molecule has 0 saturated carbocycles. The maximum atomic E-state index is 3.40. The molecule has 1 unspecified atom stereocenters. The lowest BCUT2D eigenvalue weighted by Gasteiger charge is -2.35. The van der Waals surface area contributed by atoms with Crippen LogP contribution in [0.5, 0.6) is 0 Å². The van der Waals surface area contributed by atoms with Crippen LogP contribution in [-0.2, 0) is 5.41 Å². The van der Waals surface area contributed by atoms with Gasteiger partial charge in [-0.05, 0) is 43.8 Å². The second kappa shape index (κ2) is 6.93. The minimum Gasteiger partial charge on any atom is -0.319 e. The summed E-state index contributed by atoms with van der Waals surface area (Å²) >= 11 is 0. The van der Waals surface area contributed by atoms with Gasteiger partial charge in [0.15, 0.2) is 0 Å². The fourth-order valence-electron chi connectivity index (χ4n) is 3.96. The molecule has 0 aliphatic carbocycles. The highest BCUT2D eigenvalue weighted by Gasteiger charge is 2.38. The maximum Gasteiger partial charge on any atom is 0.0176 e. The van der Waals surface area contributed by atoms with Gasteiger partial charge in [-0.3, -0.25) is 0 Å². The van der Waals surface area contributed by atoms with E-state index in [0.717, 1.165) is 13.1 Å². The molecule has 1 aromatic rings. The molecule has 1 fully saturated rings. The van der Waals surface area contributed by atoms with Crippen molar-refractivity contribution >= 4 is 0 Å². The first kappa shape index (κ1) is 16.5. The smallest absolute Gasteiger partial charge is 0.0176 e. The molecule has 0 aromatic heterocycles. The standard InChI is InChI=1S/C19H32N2/c1-5-19(6-2)12-13-21(16-19)15-18(3,14-20-4)17-10-8-7-9-11-17/h7-11,20H,5-6,12-16H2,1-4H3. The lowest BCUT2D eigenvalue weighted by molar-refractivity contribution is 0.206. The van der Waals surface area contributed by atoms with Gasteiger partial charge in [0.1, 0.15) is 0 Å². The van der Waals surface area contributed by atoms with Gasteiger partial charge in [0.25, 0.3) is 0 Å². The minimum absolute atomic E-state index is 0.188. The van der Waals surface area contributed by atoms with Gasteiger partial charge in [-0.25, -0.2) is 0 Å². The fraction of sp³-hybridized carbons (Fsp3) is 0.684. The van der Waals surface area contributed by atoms with E-state index in [1.54, 1.807) is 0 Å². The summed E-state index contributed by atoms with van der Waals surface area (Å²) < 4.78 is 0. The summed E-state index contributed by atoms with van der Waals surface area (Å²) in [6.07, 6.45) is 3.99. The zero-order valence-corrected chi connectivity index (χ0v) is 14.3. The Labute approximate surface area is 130 Å². The van der Waals surface area contributed by atoms with Gasteiger partial charge in [0.05, 0.1) is 0 Å². The van der Waals surface area contributed by atoms with Gasteiger partial charge in [0, 0.05) is 25.0 Å². The molecule has 2 heteroatoms. The van der Waals surface area contributed by atoms with Crippen LogP contribution in [-0.4, -0.2) is 38.1 Å². The SMILES string of the molecule is CCC1(CC)CCN(CC(C)(CNC)c2ccccc2)C1. The lowest BCUT2D eigenvalue weighted by atomic mass is 9.80. The first-order chi connectivity index (χ1) is 10.1. The van der Waals surface area contributed by atoms with Crippen molar-refractivity contribution in [2.75, 3.05) is 33.2 Å². The Kier molecular flexibility index (Phi) is 5.45. The van der Waals surface area contributed by atoms with Gasteiger partial charge >= 0.3 is 0 Å². The summed E-state index contributed by atoms with van der Waals surface area (Å²) in [7, 11) is 2.06. The summed E-state index contributed by atoms with van der Waals surface area (Å²) in [6.45, 7) is 11.8. The van der Waals surface area contributed by atoms with Crippen molar-refractivity contribution in [1.29, 1.82) is 0 Å². The van der Waals surface area contributed by atoms with Gasteiger partial charge in [0.2, 0.25) is 0 Å². The molecule has 0 amide bonds. The number of hydrogen-bond donors (Lipinski definition) is 1. The zero-order valence-electron chi connectivity index (χ0n) is 14.3. The Morgan fingerprint density at radius 1 is 1.19 bits per heavy atom. The van der Waals surface area contributed by atoms with Crippen LogP contribution in [0.15, 0.2) is 30.3 Å². The van der Waals surface area contributed by atoms with Crippen LogP contribution in [0.25, 0.3) is 0 Å². The first-order valence-corrected chi connectivity index (χ1v) is 8.50. The Balaban J connectivity index is 2.11. The molecular formula is C19H32N2. The van der Waals surface area contributed by atoms with E-state index in [1.807, 2.05) is 0 Å². The van der Waals surface area contributed by atoms with E-state index in [-0.39, 0.29) is 5.41 Å². The zero-order chi connectivity index (χ0) is 15.3. The van der Waals surface area contributed by atoms with Crippen LogP contribution in [0.3, 0.4) is 0 Å². The van der Waals surface area contributed by atoms with Crippen molar-refractivity contribution in [2.24, 2.45) is 5.41 Å². The van der Waals surface area contributed by atoms with E-state index in [9.17, 15) is 0 Å². The molecule has 0 radical (unpaired) electrons. The van der Waals surface area contributed by atoms with E-state index in [1.165, 1.54) is 37.9 Å². The quantitative estimate of drug-likeness (QED) is 0.823. The van der Waals surface area contributed by atoms with Crippen LogP contribution >= 0.6 is 0 Å². The number of benzene rings is 1. The topological polar surface area (TPSA) is 15.3 Å². The second-order valence-electron chi connectivity index (χ2n) is 7.12. The number of likely N-dealkylation sites (tertiary alicyclic amines) is 1. The normalized spacial score (nSPS) is 21.3. The summed E-state index contributed by atoms with van der Waals surface area (Å²) in [5, 5.41) is 3.40. The van der Waals surface area contributed by atoms with Crippen LogP contribution in [0, 0.1) is 5.41 Å². The third-order valence-electron chi connectivity index (χ3n) is 5.63. The second-order valence-corrected chi connectivity index (χ2v) is 7.12. The molecule has 21 heavy (non-hydrogen) atoms. The van der Waals surface area contributed by atoms with E-state index >= 15 is 0 Å². The van der Waals surface area contributed by atoms with Gasteiger partial charge < -0.3 is 10.2 Å². The predicted molar refractivity (Wildman–Crippen MR) is 91.8 cm³/mol. The summed E-state index contributed by atoms with van der Waals surface area (Å²) in [5.74, 6) is 0. The summed E-state index contributed by atoms with van der Waals surface area (Å²) in [4.78, 5) is 2.69. The van der Waals surface area contributed by atoms with Crippen molar-refractivity contribution in [3.05, 3.63) is 35.9 Å². The van der Waals surface area contributed by atoms with Crippen LogP contribution in [0.2, 0.25) is 0 Å². The minimum atomic E-state index is 0.188. The number of nitrogens with one attached hydrogen (secondary N) is 1. The highest BCUT2D eigenvalue weighted by Crippen LogP contribution is 2.38. The number of rotatable bonds is 7. The van der Waals surface area contributed by atoms with E-state index in [4.69, 9.17) is 0 Å².